The summed E-state index contributed by atoms with van der Waals surface area (Å²) in [5.41, 5.74) is 1.83. The van der Waals surface area contributed by atoms with Gasteiger partial charge in [0, 0.05) is 11.3 Å². The molecule has 0 aromatic heterocycles. The third kappa shape index (κ3) is 7.22. The fraction of sp³-hybridized carbons (Fsp3) is 0.353. The summed E-state index contributed by atoms with van der Waals surface area (Å²) in [6.07, 6.45) is 1.28. The Kier molecular flexibility index (Phi) is 9.43. The summed E-state index contributed by atoms with van der Waals surface area (Å²) in [4.78, 5) is 14.3. The lowest BCUT2D eigenvalue weighted by Gasteiger charge is -2.40. The van der Waals surface area contributed by atoms with Crippen molar-refractivity contribution in [1.82, 2.24) is 0 Å². The number of sulfonamides is 1. The van der Waals surface area contributed by atoms with Crippen LogP contribution in [0.5, 0.6) is 5.75 Å². The Labute approximate surface area is 263 Å². The van der Waals surface area contributed by atoms with Crippen molar-refractivity contribution in [1.29, 1.82) is 5.26 Å². The van der Waals surface area contributed by atoms with Crippen molar-refractivity contribution in [2.45, 2.75) is 81.6 Å². The molecule has 8 nitrogen and oxygen atoms in total. The summed E-state index contributed by atoms with van der Waals surface area (Å²) in [7, 11) is -3.93. The maximum absolute atomic E-state index is 13.5. The van der Waals surface area contributed by atoms with E-state index in [1.54, 1.807) is 25.1 Å². The van der Waals surface area contributed by atoms with Gasteiger partial charge in [-0.05, 0) is 96.3 Å². The normalized spacial score (nSPS) is 17.4. The maximum atomic E-state index is 13.5. The van der Waals surface area contributed by atoms with E-state index in [1.165, 1.54) is 24.3 Å². The second-order valence-corrected chi connectivity index (χ2v) is 15.2. The lowest BCUT2D eigenvalue weighted by Crippen LogP contribution is -2.44. The lowest BCUT2D eigenvalue weighted by molar-refractivity contribution is -0.164. The zero-order valence-corrected chi connectivity index (χ0v) is 27.4. The molecule has 0 fully saturated rings. The highest BCUT2D eigenvalue weighted by Crippen LogP contribution is 2.46. The van der Waals surface area contributed by atoms with Crippen LogP contribution in [-0.4, -0.2) is 30.2 Å². The standard InChI is InChI=1S/C34H38N2O6S2/c1-21(2)34(16-15-23-7-11-25(37)12-8-23)19-29(38)31(32(39)42-34)43-30-17-22(3)28(18-27(30)33(4,5)6)36-44(40,41)26-13-9-24(20-35)10-14-26/h7-14,17-18,21,36-38H,15-16,19H2,1-6H3. The van der Waals surface area contributed by atoms with Gasteiger partial charge in [0.2, 0.25) is 0 Å². The van der Waals surface area contributed by atoms with Crippen molar-refractivity contribution in [3.63, 3.8) is 0 Å². The van der Waals surface area contributed by atoms with Crippen molar-refractivity contribution >= 4 is 33.4 Å². The van der Waals surface area contributed by atoms with Crippen LogP contribution in [0.2, 0.25) is 0 Å². The number of hydrogen-bond donors (Lipinski definition) is 3. The number of aromatic hydroxyl groups is 1. The number of rotatable bonds is 9. The minimum atomic E-state index is -3.93. The molecule has 3 N–H and O–H groups in total. The Morgan fingerprint density at radius 1 is 1.07 bits per heavy atom. The van der Waals surface area contributed by atoms with Gasteiger partial charge in [0.25, 0.3) is 10.0 Å². The summed E-state index contributed by atoms with van der Waals surface area (Å²) < 4.78 is 35.1. The van der Waals surface area contributed by atoms with Crippen molar-refractivity contribution in [2.24, 2.45) is 5.92 Å². The van der Waals surface area contributed by atoms with Crippen LogP contribution in [-0.2, 0) is 31.4 Å². The van der Waals surface area contributed by atoms with Crippen molar-refractivity contribution in [2.75, 3.05) is 4.72 Å². The van der Waals surface area contributed by atoms with E-state index in [0.29, 0.717) is 34.6 Å². The number of aryl methyl sites for hydroxylation is 2. The number of hydrogen-bond acceptors (Lipinski definition) is 8. The van der Waals surface area contributed by atoms with Crippen LogP contribution in [0.3, 0.4) is 0 Å². The minimum Gasteiger partial charge on any atom is -0.511 e. The van der Waals surface area contributed by atoms with Gasteiger partial charge < -0.3 is 14.9 Å². The van der Waals surface area contributed by atoms with Crippen LogP contribution in [0.4, 0.5) is 5.69 Å². The molecule has 1 aliphatic heterocycles. The van der Waals surface area contributed by atoms with Crippen molar-refractivity contribution < 1.29 is 28.2 Å². The predicted octanol–water partition coefficient (Wildman–Crippen LogP) is 7.51. The Hall–Kier alpha value is -3.94. The fourth-order valence-electron chi connectivity index (χ4n) is 5.10. The monoisotopic (exact) mass is 634 g/mol. The molecule has 4 rings (SSSR count). The zero-order chi connectivity index (χ0) is 32.4. The van der Waals surface area contributed by atoms with E-state index in [0.717, 1.165) is 22.9 Å². The molecule has 1 unspecified atom stereocenters. The Morgan fingerprint density at radius 3 is 2.25 bits per heavy atom. The quantitative estimate of drug-likeness (QED) is 0.206. The molecule has 1 aliphatic rings. The molecule has 3 aromatic carbocycles. The first kappa shape index (κ1) is 33.0. The molecule has 1 heterocycles. The number of aliphatic hydroxyl groups excluding tert-OH is 1. The molecular weight excluding hydrogens is 597 g/mol. The summed E-state index contributed by atoms with van der Waals surface area (Å²) >= 11 is 1.12. The van der Waals surface area contributed by atoms with Gasteiger partial charge in [0.1, 0.15) is 22.0 Å². The highest BCUT2D eigenvalue weighted by Gasteiger charge is 2.44. The number of phenolic OH excluding ortho intramolecular Hbond substituents is 1. The van der Waals surface area contributed by atoms with Gasteiger partial charge in [-0.15, -0.1) is 0 Å². The van der Waals surface area contributed by atoms with Crippen LogP contribution < -0.4 is 4.72 Å². The molecule has 0 saturated carbocycles. The number of nitrogens with zero attached hydrogens (tertiary/aromatic N) is 1. The summed E-state index contributed by atoms with van der Waals surface area (Å²) in [6, 6.07) is 18.1. The highest BCUT2D eigenvalue weighted by atomic mass is 32.2. The van der Waals surface area contributed by atoms with Crippen molar-refractivity contribution in [3.05, 3.63) is 93.6 Å². The van der Waals surface area contributed by atoms with Crippen LogP contribution in [0.15, 0.2) is 81.1 Å². The summed E-state index contributed by atoms with van der Waals surface area (Å²) in [6.45, 7) is 11.7. The van der Waals surface area contributed by atoms with E-state index >= 15 is 0 Å². The number of nitrogens with one attached hydrogen (secondary N) is 1. The number of carbonyl (C=O) groups excluding carboxylic acids is 1. The summed E-state index contributed by atoms with van der Waals surface area (Å²) in [5.74, 6) is -0.511. The van der Waals surface area contributed by atoms with E-state index in [9.17, 15) is 23.4 Å². The lowest BCUT2D eigenvalue weighted by atomic mass is 9.80. The molecule has 0 radical (unpaired) electrons. The molecule has 0 aliphatic carbocycles. The molecule has 3 aromatic rings. The van der Waals surface area contributed by atoms with E-state index in [2.05, 4.69) is 4.72 Å². The molecule has 0 bridgehead atoms. The molecule has 232 valence electrons. The minimum absolute atomic E-state index is 0.0331. The molecule has 1 atom stereocenters. The number of carbonyl (C=O) groups is 1. The second-order valence-electron chi connectivity index (χ2n) is 12.5. The topological polar surface area (TPSA) is 137 Å². The van der Waals surface area contributed by atoms with E-state index in [-0.39, 0.29) is 33.6 Å². The van der Waals surface area contributed by atoms with E-state index in [1.807, 2.05) is 58.9 Å². The van der Waals surface area contributed by atoms with Gasteiger partial charge in [-0.3, -0.25) is 4.72 Å². The first-order valence-corrected chi connectivity index (χ1v) is 16.6. The van der Waals surface area contributed by atoms with Crippen LogP contribution >= 0.6 is 11.8 Å². The largest absolute Gasteiger partial charge is 0.511 e. The predicted molar refractivity (Wildman–Crippen MR) is 172 cm³/mol. The van der Waals surface area contributed by atoms with Gasteiger partial charge in [0.15, 0.2) is 0 Å². The number of aliphatic hydroxyl groups is 1. The first-order valence-electron chi connectivity index (χ1n) is 14.3. The number of ether oxygens (including phenoxy) is 1. The van der Waals surface area contributed by atoms with Crippen LogP contribution in [0.25, 0.3) is 0 Å². The van der Waals surface area contributed by atoms with E-state index in [4.69, 9.17) is 10.00 Å². The van der Waals surface area contributed by atoms with Gasteiger partial charge in [0.05, 0.1) is 22.2 Å². The van der Waals surface area contributed by atoms with Crippen LogP contribution in [0, 0.1) is 24.2 Å². The fourth-order valence-corrected chi connectivity index (χ4v) is 7.47. The van der Waals surface area contributed by atoms with Crippen LogP contribution in [0.1, 0.15) is 69.7 Å². The number of phenols is 1. The number of cyclic esters (lactones) is 1. The second kappa shape index (κ2) is 12.6. The Bertz CT molecular complexity index is 1730. The molecule has 44 heavy (non-hydrogen) atoms. The van der Waals surface area contributed by atoms with Gasteiger partial charge in [-0.2, -0.15) is 5.26 Å². The summed E-state index contributed by atoms with van der Waals surface area (Å²) in [5, 5.41) is 29.9. The molecule has 0 amide bonds. The average molecular weight is 635 g/mol. The number of thioether (sulfide) groups is 1. The number of esters is 1. The molecule has 10 heteroatoms. The Balaban J connectivity index is 1.63. The third-order valence-electron chi connectivity index (χ3n) is 7.92. The first-order chi connectivity index (χ1) is 20.5. The van der Waals surface area contributed by atoms with Crippen molar-refractivity contribution in [3.8, 4) is 11.8 Å². The molecule has 0 saturated heterocycles. The highest BCUT2D eigenvalue weighted by molar-refractivity contribution is 8.04. The smallest absolute Gasteiger partial charge is 0.349 e. The number of anilines is 1. The van der Waals surface area contributed by atoms with Gasteiger partial charge in [-0.25, -0.2) is 13.2 Å². The number of benzene rings is 3. The Morgan fingerprint density at radius 2 is 1.70 bits per heavy atom. The third-order valence-corrected chi connectivity index (χ3v) is 10.5. The average Bonchev–Trinajstić information content (AvgIpc) is 2.95. The molecular formula is C34H38N2O6S2. The SMILES string of the molecule is Cc1cc(SC2=C(O)CC(CCc3ccc(O)cc3)(C(C)C)OC2=O)c(C(C)(C)C)cc1NS(=O)(=O)c1ccc(C#N)cc1. The maximum Gasteiger partial charge on any atom is 0.349 e. The molecule has 0 spiro atoms. The van der Waals surface area contributed by atoms with Gasteiger partial charge >= 0.3 is 5.97 Å². The number of nitriles is 1. The zero-order valence-electron chi connectivity index (χ0n) is 25.8. The van der Waals surface area contributed by atoms with E-state index < -0.39 is 27.0 Å². The van der Waals surface area contributed by atoms with Gasteiger partial charge in [-0.1, -0.05) is 58.5 Å².